The molecule has 1 saturated heterocycles. The maximum atomic E-state index is 6.86. The molecule has 0 aromatic heterocycles. The minimum absolute atomic E-state index is 0.259. The van der Waals surface area contributed by atoms with Crippen LogP contribution >= 0.6 is 0 Å². The van der Waals surface area contributed by atoms with Gasteiger partial charge in [0.2, 0.25) is 6.29 Å². The molecule has 5 atom stereocenters. The SMILES string of the molecule is c1ccc(COC[C@H]2O[C@@H](Oc3ccc(CNc4ccccc4)cc3)[C@H](OCc3ccccc3)[C@H](OCc3ccccc3)[C@@H]2OCc2ccccc2)cc1. The van der Waals surface area contributed by atoms with Gasteiger partial charge in [0.05, 0.1) is 33.0 Å². The quantitative estimate of drug-likeness (QED) is 0.0949. The van der Waals surface area contributed by atoms with Gasteiger partial charge in [-0.05, 0) is 52.1 Å². The molecule has 54 heavy (non-hydrogen) atoms. The standard InChI is InChI=1S/C47H47NO6/c1-6-16-37(17-7-1)31-49-35-43-44(50-32-38-18-8-2-9-19-38)45(51-33-39-20-10-3-11-21-39)46(52-34-40-22-12-4-13-23-40)47(54-43)53-42-28-26-36(27-29-42)30-48-41-24-14-5-15-25-41/h1-29,43-48H,30-35H2/t43-,44-,45-,46-,47-/m1/s1. The van der Waals surface area contributed by atoms with Gasteiger partial charge < -0.3 is 33.7 Å². The average Bonchev–Trinajstić information content (AvgIpc) is 3.24. The van der Waals surface area contributed by atoms with E-state index in [1.807, 2.05) is 115 Å². The Labute approximate surface area is 318 Å². The summed E-state index contributed by atoms with van der Waals surface area (Å²) in [5.74, 6) is 0.659. The van der Waals surface area contributed by atoms with E-state index < -0.39 is 30.7 Å². The molecular formula is C47H47NO6. The van der Waals surface area contributed by atoms with Crippen LogP contribution in [0.15, 0.2) is 176 Å². The van der Waals surface area contributed by atoms with Gasteiger partial charge in [-0.25, -0.2) is 0 Å². The van der Waals surface area contributed by atoms with Crippen molar-refractivity contribution in [3.8, 4) is 5.75 Å². The van der Waals surface area contributed by atoms with Crippen LogP contribution in [0.25, 0.3) is 0 Å². The van der Waals surface area contributed by atoms with Crippen molar-refractivity contribution in [1.82, 2.24) is 0 Å². The zero-order valence-electron chi connectivity index (χ0n) is 30.3. The molecule has 0 amide bonds. The third-order valence-electron chi connectivity index (χ3n) is 9.29. The van der Waals surface area contributed by atoms with Crippen LogP contribution in [0.3, 0.4) is 0 Å². The molecule has 1 aliphatic rings. The number of hydrogen-bond donors (Lipinski definition) is 1. The van der Waals surface area contributed by atoms with Crippen LogP contribution in [0.5, 0.6) is 5.75 Å². The lowest BCUT2D eigenvalue weighted by Gasteiger charge is -2.45. The van der Waals surface area contributed by atoms with Gasteiger partial charge in [-0.15, -0.1) is 0 Å². The number of para-hydroxylation sites is 1. The first kappa shape index (κ1) is 37.1. The number of rotatable bonds is 18. The summed E-state index contributed by atoms with van der Waals surface area (Å²) >= 11 is 0. The van der Waals surface area contributed by atoms with Gasteiger partial charge in [0.1, 0.15) is 30.2 Å². The maximum absolute atomic E-state index is 6.86. The van der Waals surface area contributed by atoms with Crippen molar-refractivity contribution in [2.45, 2.75) is 63.7 Å². The summed E-state index contributed by atoms with van der Waals surface area (Å²) in [5, 5.41) is 3.47. The number of benzene rings is 6. The van der Waals surface area contributed by atoms with Crippen LogP contribution in [0.2, 0.25) is 0 Å². The first-order valence-electron chi connectivity index (χ1n) is 18.5. The topological polar surface area (TPSA) is 67.4 Å². The molecule has 6 aromatic rings. The zero-order valence-corrected chi connectivity index (χ0v) is 30.3. The second-order valence-corrected chi connectivity index (χ2v) is 13.3. The zero-order chi connectivity index (χ0) is 36.6. The lowest BCUT2D eigenvalue weighted by molar-refractivity contribution is -0.310. The predicted octanol–water partition coefficient (Wildman–Crippen LogP) is 9.38. The highest BCUT2D eigenvalue weighted by molar-refractivity contribution is 5.43. The molecule has 1 fully saturated rings. The highest BCUT2D eigenvalue weighted by Crippen LogP contribution is 2.33. The predicted molar refractivity (Wildman–Crippen MR) is 211 cm³/mol. The Kier molecular flexibility index (Phi) is 13.5. The molecule has 1 N–H and O–H groups in total. The first-order chi connectivity index (χ1) is 26.8. The van der Waals surface area contributed by atoms with Gasteiger partial charge in [0, 0.05) is 12.2 Å². The normalized spacial score (nSPS) is 19.6. The summed E-state index contributed by atoms with van der Waals surface area (Å²) in [6.07, 6.45) is -3.13. The van der Waals surface area contributed by atoms with Crippen LogP contribution in [0.1, 0.15) is 27.8 Å². The summed E-state index contributed by atoms with van der Waals surface area (Å²) in [6.45, 7) is 2.43. The van der Waals surface area contributed by atoms with E-state index in [4.69, 9.17) is 28.4 Å². The molecule has 0 radical (unpaired) electrons. The molecule has 7 nitrogen and oxygen atoms in total. The largest absolute Gasteiger partial charge is 0.462 e. The van der Waals surface area contributed by atoms with Crippen molar-refractivity contribution >= 4 is 5.69 Å². The Morgan fingerprint density at radius 3 is 1.39 bits per heavy atom. The fourth-order valence-corrected chi connectivity index (χ4v) is 6.42. The molecule has 7 rings (SSSR count). The fraction of sp³-hybridized carbons (Fsp3) is 0.234. The van der Waals surface area contributed by atoms with Crippen LogP contribution in [0, 0.1) is 0 Å². The number of hydrogen-bond acceptors (Lipinski definition) is 7. The summed E-state index contributed by atoms with van der Waals surface area (Å²) < 4.78 is 40.3. The van der Waals surface area contributed by atoms with Gasteiger partial charge >= 0.3 is 0 Å². The molecule has 276 valence electrons. The van der Waals surface area contributed by atoms with Crippen molar-refractivity contribution in [3.05, 3.63) is 204 Å². The van der Waals surface area contributed by atoms with E-state index in [1.54, 1.807) is 0 Å². The number of nitrogens with one attached hydrogen (secondary N) is 1. The summed E-state index contributed by atoms with van der Waals surface area (Å²) in [4.78, 5) is 0. The third kappa shape index (κ3) is 10.9. The first-order valence-corrected chi connectivity index (χ1v) is 18.5. The second-order valence-electron chi connectivity index (χ2n) is 13.3. The molecular weight excluding hydrogens is 675 g/mol. The van der Waals surface area contributed by atoms with Gasteiger partial charge in [0.15, 0.2) is 0 Å². The minimum Gasteiger partial charge on any atom is -0.462 e. The second kappa shape index (κ2) is 19.7. The van der Waals surface area contributed by atoms with Gasteiger partial charge in [-0.1, -0.05) is 152 Å². The van der Waals surface area contributed by atoms with Gasteiger partial charge in [-0.3, -0.25) is 0 Å². The van der Waals surface area contributed by atoms with Crippen molar-refractivity contribution in [3.63, 3.8) is 0 Å². The van der Waals surface area contributed by atoms with Crippen molar-refractivity contribution in [2.24, 2.45) is 0 Å². The van der Waals surface area contributed by atoms with Gasteiger partial charge in [-0.2, -0.15) is 0 Å². The Hall–Kier alpha value is -5.28. The van der Waals surface area contributed by atoms with Crippen LogP contribution in [0.4, 0.5) is 5.69 Å². The molecule has 0 aliphatic carbocycles. The Morgan fingerprint density at radius 2 is 0.870 bits per heavy atom. The van der Waals surface area contributed by atoms with E-state index in [2.05, 4.69) is 66.0 Å². The lowest BCUT2D eigenvalue weighted by Crippen LogP contribution is -2.62. The fourth-order valence-electron chi connectivity index (χ4n) is 6.42. The smallest absolute Gasteiger partial charge is 0.229 e. The van der Waals surface area contributed by atoms with Crippen molar-refractivity contribution in [2.75, 3.05) is 11.9 Å². The average molecular weight is 722 g/mol. The maximum Gasteiger partial charge on any atom is 0.229 e. The molecule has 1 aliphatic heterocycles. The van der Waals surface area contributed by atoms with Crippen LogP contribution in [-0.2, 0) is 56.7 Å². The Morgan fingerprint density at radius 1 is 0.426 bits per heavy atom. The van der Waals surface area contributed by atoms with Crippen LogP contribution in [-0.4, -0.2) is 37.3 Å². The highest BCUT2D eigenvalue weighted by Gasteiger charge is 2.49. The summed E-state index contributed by atoms with van der Waals surface area (Å²) in [5.41, 5.74) is 6.39. The molecule has 1 heterocycles. The van der Waals surface area contributed by atoms with Crippen LogP contribution < -0.4 is 10.1 Å². The van der Waals surface area contributed by atoms with E-state index in [0.717, 1.165) is 33.5 Å². The number of ether oxygens (including phenoxy) is 6. The Bertz CT molecular complexity index is 1910. The van der Waals surface area contributed by atoms with Crippen molar-refractivity contribution < 1.29 is 28.4 Å². The van der Waals surface area contributed by atoms with Crippen molar-refractivity contribution in [1.29, 1.82) is 0 Å². The molecule has 7 heteroatoms. The minimum atomic E-state index is -0.829. The highest BCUT2D eigenvalue weighted by atomic mass is 16.7. The summed E-state index contributed by atoms with van der Waals surface area (Å²) in [7, 11) is 0. The number of anilines is 1. The molecule has 0 saturated carbocycles. The van der Waals surface area contributed by atoms with E-state index in [1.165, 1.54) is 0 Å². The monoisotopic (exact) mass is 721 g/mol. The molecule has 0 unspecified atom stereocenters. The van der Waals surface area contributed by atoms with E-state index >= 15 is 0 Å². The molecule has 6 aromatic carbocycles. The van der Waals surface area contributed by atoms with E-state index in [-0.39, 0.29) is 6.61 Å². The Balaban J connectivity index is 1.17. The summed E-state index contributed by atoms with van der Waals surface area (Å²) in [6, 6.07) is 58.7. The van der Waals surface area contributed by atoms with E-state index in [0.29, 0.717) is 38.7 Å². The lowest BCUT2D eigenvalue weighted by atomic mass is 9.97. The molecule has 0 bridgehead atoms. The molecule has 0 spiro atoms. The third-order valence-corrected chi connectivity index (χ3v) is 9.29. The van der Waals surface area contributed by atoms with Gasteiger partial charge in [0.25, 0.3) is 0 Å². The van der Waals surface area contributed by atoms with E-state index in [9.17, 15) is 0 Å².